The molecule has 2 aromatic rings. The van der Waals surface area contributed by atoms with Gasteiger partial charge in [0.25, 0.3) is 0 Å². The smallest absolute Gasteiger partial charge is 0.408 e. The van der Waals surface area contributed by atoms with E-state index >= 15 is 0 Å². The number of carbonyl (C=O) groups excluding carboxylic acids is 2. The van der Waals surface area contributed by atoms with Gasteiger partial charge >= 0.3 is 12.1 Å². The van der Waals surface area contributed by atoms with Crippen LogP contribution in [-0.2, 0) is 14.3 Å². The molecule has 1 unspecified atom stereocenters. The summed E-state index contributed by atoms with van der Waals surface area (Å²) < 4.78 is 5.70. The number of alkyl carbamates (subject to hydrolysis) is 1. The molecule has 0 aromatic heterocycles. The molecule has 0 heterocycles. The zero-order valence-corrected chi connectivity index (χ0v) is 19.8. The van der Waals surface area contributed by atoms with Crippen molar-refractivity contribution >= 4 is 18.0 Å². The van der Waals surface area contributed by atoms with E-state index in [9.17, 15) is 19.5 Å². The number of amides is 2. The fourth-order valence-corrected chi connectivity index (χ4v) is 5.81. The van der Waals surface area contributed by atoms with Crippen LogP contribution in [0.5, 0.6) is 0 Å². The average molecular weight is 477 g/mol. The second kappa shape index (κ2) is 9.72. The summed E-state index contributed by atoms with van der Waals surface area (Å²) in [5.41, 5.74) is 3.60. The van der Waals surface area contributed by atoms with E-state index in [1.54, 1.807) is 0 Å². The molecule has 0 spiro atoms. The van der Waals surface area contributed by atoms with Crippen LogP contribution in [-0.4, -0.2) is 41.8 Å². The highest BCUT2D eigenvalue weighted by Gasteiger charge is 2.44. The van der Waals surface area contributed by atoms with E-state index in [0.29, 0.717) is 25.3 Å². The molecule has 3 aliphatic carbocycles. The lowest BCUT2D eigenvalue weighted by molar-refractivity contribution is -0.138. The largest absolute Gasteiger partial charge is 0.481 e. The highest BCUT2D eigenvalue weighted by molar-refractivity contribution is 5.90. The summed E-state index contributed by atoms with van der Waals surface area (Å²) in [6.07, 6.45) is 4.28. The van der Waals surface area contributed by atoms with E-state index in [2.05, 4.69) is 34.9 Å². The van der Waals surface area contributed by atoms with Crippen LogP contribution in [0.25, 0.3) is 11.1 Å². The molecule has 2 aromatic carbocycles. The van der Waals surface area contributed by atoms with Crippen LogP contribution in [0.3, 0.4) is 0 Å². The van der Waals surface area contributed by atoms with Gasteiger partial charge in [0.2, 0.25) is 5.91 Å². The fraction of sp³-hybridized carbons (Fsp3) is 0.464. The molecule has 2 saturated carbocycles. The first-order valence-corrected chi connectivity index (χ1v) is 12.6. The summed E-state index contributed by atoms with van der Waals surface area (Å²) in [6, 6.07) is 16.3. The maximum Gasteiger partial charge on any atom is 0.408 e. The van der Waals surface area contributed by atoms with E-state index in [4.69, 9.17) is 4.74 Å². The highest BCUT2D eigenvalue weighted by atomic mass is 16.5. The summed E-state index contributed by atoms with van der Waals surface area (Å²) in [5.74, 6) is -0.828. The van der Waals surface area contributed by atoms with E-state index in [1.165, 1.54) is 0 Å². The summed E-state index contributed by atoms with van der Waals surface area (Å²) in [4.78, 5) is 37.3. The predicted molar refractivity (Wildman–Crippen MR) is 131 cm³/mol. The Labute approximate surface area is 205 Å². The van der Waals surface area contributed by atoms with Gasteiger partial charge in [0.1, 0.15) is 12.1 Å². The molecule has 2 amide bonds. The van der Waals surface area contributed by atoms with Crippen molar-refractivity contribution in [3.63, 3.8) is 0 Å². The van der Waals surface area contributed by atoms with Crippen LogP contribution in [0.1, 0.15) is 62.0 Å². The first-order chi connectivity index (χ1) is 17.0. The molecule has 0 bridgehead atoms. The SMILES string of the molecule is O=C(O)CC(CNC(=O)C1(NC(=O)OCC2c3ccccc3-c3ccccc32)CCCC1)C1CC1. The van der Waals surface area contributed by atoms with Crippen LogP contribution in [0.15, 0.2) is 48.5 Å². The second-order valence-electron chi connectivity index (χ2n) is 10.1. The lowest BCUT2D eigenvalue weighted by atomic mass is 9.95. The van der Waals surface area contributed by atoms with E-state index in [-0.39, 0.29) is 30.8 Å². The van der Waals surface area contributed by atoms with Crippen molar-refractivity contribution in [3.05, 3.63) is 59.7 Å². The van der Waals surface area contributed by atoms with E-state index in [1.807, 2.05) is 24.3 Å². The Balaban J connectivity index is 1.22. The third-order valence-corrected chi connectivity index (χ3v) is 7.83. The first-order valence-electron chi connectivity index (χ1n) is 12.6. The van der Waals surface area contributed by atoms with Crippen LogP contribution < -0.4 is 10.6 Å². The minimum absolute atomic E-state index is 0.0446. The highest BCUT2D eigenvalue weighted by Crippen LogP contribution is 2.44. The summed E-state index contributed by atoms with van der Waals surface area (Å²) in [7, 11) is 0. The number of benzene rings is 2. The molecule has 7 heteroatoms. The number of hydrogen-bond donors (Lipinski definition) is 3. The number of hydrogen-bond acceptors (Lipinski definition) is 4. The third-order valence-electron chi connectivity index (χ3n) is 7.83. The van der Waals surface area contributed by atoms with Gasteiger partial charge in [-0.15, -0.1) is 0 Å². The number of carboxylic acids is 1. The van der Waals surface area contributed by atoms with Gasteiger partial charge in [-0.05, 0) is 59.8 Å². The summed E-state index contributed by atoms with van der Waals surface area (Å²) in [6.45, 7) is 0.518. The molecule has 0 aliphatic heterocycles. The Kier molecular flexibility index (Phi) is 6.50. The topological polar surface area (TPSA) is 105 Å². The Hall–Kier alpha value is -3.35. The minimum atomic E-state index is -1.00. The van der Waals surface area contributed by atoms with Crippen molar-refractivity contribution in [2.45, 2.75) is 56.4 Å². The number of nitrogens with one attached hydrogen (secondary N) is 2. The summed E-state index contributed by atoms with van der Waals surface area (Å²) >= 11 is 0. The molecule has 184 valence electrons. The molecule has 0 saturated heterocycles. The fourth-order valence-electron chi connectivity index (χ4n) is 5.81. The average Bonchev–Trinajstić information content (AvgIpc) is 3.51. The molecule has 3 N–H and O–H groups in total. The lowest BCUT2D eigenvalue weighted by Crippen LogP contribution is -2.58. The van der Waals surface area contributed by atoms with Crippen molar-refractivity contribution in [3.8, 4) is 11.1 Å². The van der Waals surface area contributed by atoms with Crippen LogP contribution in [0.4, 0.5) is 4.79 Å². The molecule has 35 heavy (non-hydrogen) atoms. The van der Waals surface area contributed by atoms with E-state index in [0.717, 1.165) is 47.9 Å². The number of fused-ring (bicyclic) bond motifs is 3. The van der Waals surface area contributed by atoms with Gasteiger partial charge in [0, 0.05) is 12.5 Å². The Morgan fingerprint density at radius 3 is 2.14 bits per heavy atom. The van der Waals surface area contributed by atoms with E-state index < -0.39 is 17.6 Å². The number of carboxylic acid groups (broad SMARTS) is 1. The third kappa shape index (κ3) is 4.90. The Bertz CT molecular complexity index is 1070. The normalized spacial score (nSPS) is 18.9. The molecular weight excluding hydrogens is 444 g/mol. The van der Waals surface area contributed by atoms with Crippen molar-refractivity contribution in [1.82, 2.24) is 10.6 Å². The van der Waals surface area contributed by atoms with Crippen LogP contribution in [0, 0.1) is 11.8 Å². The number of aliphatic carboxylic acids is 1. The quantitative estimate of drug-likeness (QED) is 0.496. The standard InChI is InChI=1S/C28H32N2O5/c31-25(32)15-19(18-11-12-18)16-29-26(33)28(13-5-6-14-28)30-27(34)35-17-24-22-9-3-1-7-20(22)21-8-2-4-10-23(21)24/h1-4,7-10,18-19,24H,5-6,11-17H2,(H,29,33)(H,30,34)(H,31,32). The lowest BCUT2D eigenvalue weighted by Gasteiger charge is -2.29. The molecule has 3 aliphatic rings. The maximum atomic E-state index is 13.2. The molecular formula is C28H32N2O5. The van der Waals surface area contributed by atoms with Crippen LogP contribution in [0.2, 0.25) is 0 Å². The molecule has 2 fully saturated rings. The van der Waals surface area contributed by atoms with Gasteiger partial charge in [0.15, 0.2) is 0 Å². The number of carbonyl (C=O) groups is 3. The van der Waals surface area contributed by atoms with Crippen molar-refractivity contribution in [2.24, 2.45) is 11.8 Å². The molecule has 5 rings (SSSR count). The van der Waals surface area contributed by atoms with Crippen molar-refractivity contribution < 1.29 is 24.2 Å². The summed E-state index contributed by atoms with van der Waals surface area (Å²) in [5, 5.41) is 15.0. The number of ether oxygens (including phenoxy) is 1. The van der Waals surface area contributed by atoms with Crippen molar-refractivity contribution in [1.29, 1.82) is 0 Å². The van der Waals surface area contributed by atoms with Gasteiger partial charge in [-0.2, -0.15) is 0 Å². The van der Waals surface area contributed by atoms with Gasteiger partial charge < -0.3 is 20.5 Å². The van der Waals surface area contributed by atoms with Gasteiger partial charge in [-0.1, -0.05) is 61.4 Å². The van der Waals surface area contributed by atoms with Gasteiger partial charge in [-0.3, -0.25) is 9.59 Å². The maximum absolute atomic E-state index is 13.2. The Morgan fingerprint density at radius 1 is 0.971 bits per heavy atom. The zero-order valence-electron chi connectivity index (χ0n) is 19.8. The van der Waals surface area contributed by atoms with Gasteiger partial charge in [0.05, 0.1) is 6.42 Å². The molecule has 0 radical (unpaired) electrons. The van der Waals surface area contributed by atoms with Crippen LogP contribution >= 0.6 is 0 Å². The zero-order chi connectivity index (χ0) is 24.4. The molecule has 7 nitrogen and oxygen atoms in total. The predicted octanol–water partition coefficient (Wildman–Crippen LogP) is 4.46. The van der Waals surface area contributed by atoms with Gasteiger partial charge in [-0.25, -0.2) is 4.79 Å². The second-order valence-corrected chi connectivity index (χ2v) is 10.1. The monoisotopic (exact) mass is 476 g/mol. The number of rotatable bonds is 9. The molecule has 1 atom stereocenters. The first kappa shape index (κ1) is 23.4. The minimum Gasteiger partial charge on any atom is -0.481 e. The Morgan fingerprint density at radius 2 is 1.57 bits per heavy atom. The van der Waals surface area contributed by atoms with Crippen molar-refractivity contribution in [2.75, 3.05) is 13.2 Å².